The summed E-state index contributed by atoms with van der Waals surface area (Å²) in [5.41, 5.74) is 11.5. The van der Waals surface area contributed by atoms with Gasteiger partial charge in [0.05, 0.1) is 55.3 Å². The third-order valence-corrected chi connectivity index (χ3v) is 13.3. The van der Waals surface area contributed by atoms with Crippen LogP contribution in [0.5, 0.6) is 0 Å². The van der Waals surface area contributed by atoms with Crippen molar-refractivity contribution < 1.29 is 8.83 Å². The molecule has 0 saturated heterocycles. The number of nitriles is 2. The molecule has 14 rings (SSSR count). The molecule has 68 heavy (non-hydrogen) atoms. The van der Waals surface area contributed by atoms with Gasteiger partial charge >= 0.3 is 0 Å². The Morgan fingerprint density at radius 1 is 0.353 bits per heavy atom. The van der Waals surface area contributed by atoms with Gasteiger partial charge < -0.3 is 18.0 Å². The largest absolute Gasteiger partial charge is 0.455 e. The number of hydrogen-bond acceptors (Lipinski definition) is 7. The molecule has 0 unspecified atom stereocenters. The van der Waals surface area contributed by atoms with Crippen molar-refractivity contribution in [1.82, 2.24) is 24.1 Å². The molecule has 5 aromatic heterocycles. The summed E-state index contributed by atoms with van der Waals surface area (Å²) in [5, 5.41) is 30.0. The molecule has 0 aliphatic rings. The second-order valence-electron chi connectivity index (χ2n) is 16.9. The van der Waals surface area contributed by atoms with Crippen LogP contribution < -0.4 is 0 Å². The van der Waals surface area contributed by atoms with Crippen molar-refractivity contribution in [3.05, 3.63) is 199 Å². The number of nitrogens with zero attached hydrogens (tertiary/aromatic N) is 7. The number of aromatic nitrogens is 5. The number of furan rings is 2. The molecule has 5 heterocycles. The first kappa shape index (κ1) is 37.5. The van der Waals surface area contributed by atoms with Crippen LogP contribution in [0.3, 0.4) is 0 Å². The maximum atomic E-state index is 10.9. The van der Waals surface area contributed by atoms with Crippen molar-refractivity contribution in [2.45, 2.75) is 0 Å². The number of benzene rings is 9. The Morgan fingerprint density at radius 2 is 0.765 bits per heavy atom. The van der Waals surface area contributed by atoms with Crippen LogP contribution in [0, 0.1) is 22.7 Å². The molecule has 9 nitrogen and oxygen atoms in total. The van der Waals surface area contributed by atoms with Crippen LogP contribution in [0.1, 0.15) is 11.1 Å². The van der Waals surface area contributed by atoms with Gasteiger partial charge in [0.25, 0.3) is 0 Å². The van der Waals surface area contributed by atoms with Crippen LogP contribution >= 0.6 is 0 Å². The molecular weight excluding hydrogens is 839 g/mol. The molecule has 314 valence electrons. The van der Waals surface area contributed by atoms with E-state index in [4.69, 9.17) is 23.8 Å². The van der Waals surface area contributed by atoms with Gasteiger partial charge in [-0.25, -0.2) is 15.0 Å². The van der Waals surface area contributed by atoms with Crippen molar-refractivity contribution >= 4 is 87.5 Å². The van der Waals surface area contributed by atoms with Gasteiger partial charge in [-0.1, -0.05) is 103 Å². The van der Waals surface area contributed by atoms with Gasteiger partial charge in [-0.3, -0.25) is 0 Å². The highest BCUT2D eigenvalue weighted by atomic mass is 16.3. The molecule has 0 amide bonds. The van der Waals surface area contributed by atoms with Crippen LogP contribution in [0.4, 0.5) is 0 Å². The van der Waals surface area contributed by atoms with Gasteiger partial charge in [0.1, 0.15) is 34.5 Å². The Morgan fingerprint density at radius 3 is 1.24 bits per heavy atom. The maximum absolute atomic E-state index is 10.9. The van der Waals surface area contributed by atoms with Crippen LogP contribution in [-0.4, -0.2) is 24.1 Å². The van der Waals surface area contributed by atoms with E-state index >= 15 is 0 Å². The van der Waals surface area contributed by atoms with Crippen molar-refractivity contribution in [3.63, 3.8) is 0 Å². The van der Waals surface area contributed by atoms with Gasteiger partial charge in [0.15, 0.2) is 17.5 Å². The number of hydrogen-bond donors (Lipinski definition) is 0. The first-order valence-electron chi connectivity index (χ1n) is 22.2. The summed E-state index contributed by atoms with van der Waals surface area (Å²) in [7, 11) is 0. The minimum absolute atomic E-state index is 0.392. The lowest BCUT2D eigenvalue weighted by molar-refractivity contribution is 0.672. The molecule has 0 atom stereocenters. The average Bonchev–Trinajstić information content (AvgIpc) is 4.16. The summed E-state index contributed by atoms with van der Waals surface area (Å²) in [6, 6.07) is 67.3. The molecule has 9 aromatic carbocycles. The minimum atomic E-state index is 0.392. The lowest BCUT2D eigenvalue weighted by Gasteiger charge is -2.13. The van der Waals surface area contributed by atoms with E-state index in [0.29, 0.717) is 39.7 Å². The molecular formula is C59H31N7O2. The van der Waals surface area contributed by atoms with Crippen LogP contribution in [0.25, 0.3) is 133 Å². The number of para-hydroxylation sites is 4. The molecule has 0 radical (unpaired) electrons. The SMILES string of the molecule is N#Cc1cc(-c2nc(-c3ccccc3)nc(-c3ccc(-n4c5ccccc5c5c6oc7ccccc7c6ccc54)c(C#N)c3)n2)ccc1-n1c2ccccc2c2c3oc4ccccc4c3ccc21. The normalized spacial score (nSPS) is 11.8. The molecule has 0 saturated carbocycles. The van der Waals surface area contributed by atoms with Gasteiger partial charge in [0.2, 0.25) is 0 Å². The van der Waals surface area contributed by atoms with E-state index in [-0.39, 0.29) is 0 Å². The summed E-state index contributed by atoms with van der Waals surface area (Å²) in [5.74, 6) is 1.25. The summed E-state index contributed by atoms with van der Waals surface area (Å²) in [6.45, 7) is 0. The van der Waals surface area contributed by atoms with Crippen LogP contribution in [0.2, 0.25) is 0 Å². The van der Waals surface area contributed by atoms with Crippen LogP contribution in [0.15, 0.2) is 197 Å². The minimum Gasteiger partial charge on any atom is -0.455 e. The Kier molecular flexibility index (Phi) is 7.91. The van der Waals surface area contributed by atoms with E-state index in [1.54, 1.807) is 0 Å². The van der Waals surface area contributed by atoms with E-state index in [1.807, 2.05) is 127 Å². The Labute approximate surface area is 386 Å². The Bertz CT molecular complexity index is 4270. The second-order valence-corrected chi connectivity index (χ2v) is 16.9. The molecule has 0 aliphatic heterocycles. The fourth-order valence-corrected chi connectivity index (χ4v) is 10.3. The van der Waals surface area contributed by atoms with Crippen molar-refractivity contribution in [1.29, 1.82) is 10.5 Å². The zero-order valence-corrected chi connectivity index (χ0v) is 35.8. The first-order chi connectivity index (χ1) is 33.6. The van der Waals surface area contributed by atoms with Crippen molar-refractivity contribution in [3.8, 4) is 57.7 Å². The van der Waals surface area contributed by atoms with E-state index < -0.39 is 0 Å². The lowest BCUT2D eigenvalue weighted by atomic mass is 10.1. The number of fused-ring (bicyclic) bond motifs is 14. The highest BCUT2D eigenvalue weighted by Gasteiger charge is 2.23. The zero-order chi connectivity index (χ0) is 45.0. The fourth-order valence-electron chi connectivity index (χ4n) is 10.3. The predicted molar refractivity (Wildman–Crippen MR) is 269 cm³/mol. The Balaban J connectivity index is 0.923. The quantitative estimate of drug-likeness (QED) is 0.169. The third kappa shape index (κ3) is 5.39. The molecule has 0 fully saturated rings. The molecule has 0 spiro atoms. The summed E-state index contributed by atoms with van der Waals surface area (Å²) < 4.78 is 17.3. The highest BCUT2D eigenvalue weighted by Crippen LogP contribution is 2.43. The van der Waals surface area contributed by atoms with E-state index in [2.05, 4.69) is 81.9 Å². The molecule has 14 aromatic rings. The van der Waals surface area contributed by atoms with Gasteiger partial charge in [-0.2, -0.15) is 10.5 Å². The van der Waals surface area contributed by atoms with Crippen molar-refractivity contribution in [2.24, 2.45) is 0 Å². The average molecular weight is 870 g/mol. The first-order valence-corrected chi connectivity index (χ1v) is 22.2. The second kappa shape index (κ2) is 14.3. The van der Waals surface area contributed by atoms with Crippen LogP contribution in [-0.2, 0) is 0 Å². The third-order valence-electron chi connectivity index (χ3n) is 13.3. The summed E-state index contributed by atoms with van der Waals surface area (Å²) >= 11 is 0. The zero-order valence-electron chi connectivity index (χ0n) is 35.8. The van der Waals surface area contributed by atoms with E-state index in [9.17, 15) is 10.5 Å². The number of rotatable bonds is 5. The molecule has 0 N–H and O–H groups in total. The predicted octanol–water partition coefficient (Wildman–Crippen LogP) is 14.6. The molecule has 9 heteroatoms. The monoisotopic (exact) mass is 869 g/mol. The maximum Gasteiger partial charge on any atom is 0.164 e. The van der Waals surface area contributed by atoms with E-state index in [1.165, 1.54) is 0 Å². The van der Waals surface area contributed by atoms with Crippen molar-refractivity contribution in [2.75, 3.05) is 0 Å². The molecule has 0 bridgehead atoms. The Hall–Kier alpha value is -9.83. The van der Waals surface area contributed by atoms with Gasteiger partial charge in [-0.05, 0) is 84.9 Å². The van der Waals surface area contributed by atoms with E-state index in [0.717, 1.165) is 104 Å². The summed E-state index contributed by atoms with van der Waals surface area (Å²) in [6.07, 6.45) is 0. The topological polar surface area (TPSA) is 122 Å². The van der Waals surface area contributed by atoms with Gasteiger partial charge in [-0.15, -0.1) is 0 Å². The summed E-state index contributed by atoms with van der Waals surface area (Å²) in [4.78, 5) is 15.1. The smallest absolute Gasteiger partial charge is 0.164 e. The van der Waals surface area contributed by atoms with Gasteiger partial charge in [0, 0.05) is 49.0 Å². The lowest BCUT2D eigenvalue weighted by Crippen LogP contribution is -2.03. The molecule has 0 aliphatic carbocycles. The highest BCUT2D eigenvalue weighted by molar-refractivity contribution is 6.25. The fraction of sp³-hybridized carbons (Fsp3) is 0. The standard InChI is InChI=1S/C59H31N7O2/c60-32-37-30-35(22-26-45(37)65-47-18-8-4-16-43(47)53-49(65)28-24-41-39-14-6-10-20-51(39)67-55(41)53)58-62-57(34-12-2-1-3-13-34)63-59(64-58)36-23-27-46(38(31-36)33-61)66-48-19-9-5-17-44(48)54-50(66)29-25-42-40-15-7-11-21-52(40)68-56(42)54/h1-31H.